The van der Waals surface area contributed by atoms with Crippen molar-refractivity contribution in [3.63, 3.8) is 0 Å². The van der Waals surface area contributed by atoms with Crippen LogP contribution in [0.25, 0.3) is 0 Å². The van der Waals surface area contributed by atoms with E-state index in [0.29, 0.717) is 11.5 Å². The van der Waals surface area contributed by atoms with E-state index in [2.05, 4.69) is 52.3 Å². The summed E-state index contributed by atoms with van der Waals surface area (Å²) in [6.45, 7) is 0. The van der Waals surface area contributed by atoms with Gasteiger partial charge in [0.1, 0.15) is 0 Å². The van der Waals surface area contributed by atoms with Gasteiger partial charge in [0, 0.05) is 3.57 Å². The van der Waals surface area contributed by atoms with Crippen LogP contribution >= 0.6 is 22.6 Å². The molecule has 0 saturated carbocycles. The van der Waals surface area contributed by atoms with Crippen LogP contribution in [0.3, 0.4) is 0 Å². The van der Waals surface area contributed by atoms with Gasteiger partial charge in [0.25, 0.3) is 0 Å². The Morgan fingerprint density at radius 1 is 1.05 bits per heavy atom. The third-order valence-electron chi connectivity index (χ3n) is 3.36. The summed E-state index contributed by atoms with van der Waals surface area (Å²) in [6, 6.07) is 14.3. The predicted octanol–water partition coefficient (Wildman–Crippen LogP) is 3.06. The number of ether oxygens (including phenoxy) is 2. The molecule has 0 aliphatic heterocycles. The molecule has 0 aliphatic rings. The molecule has 112 valence electrons. The first kappa shape index (κ1) is 16.1. The zero-order chi connectivity index (χ0) is 15.2. The lowest BCUT2D eigenvalue weighted by atomic mass is 9.99. The van der Waals surface area contributed by atoms with E-state index in [1.54, 1.807) is 14.2 Å². The normalized spacial score (nSPS) is 12.0. The second-order valence-corrected chi connectivity index (χ2v) is 5.91. The molecule has 2 aromatic rings. The summed E-state index contributed by atoms with van der Waals surface area (Å²) >= 11 is 2.30. The van der Waals surface area contributed by atoms with Crippen molar-refractivity contribution in [1.29, 1.82) is 0 Å². The highest BCUT2D eigenvalue weighted by molar-refractivity contribution is 14.1. The maximum absolute atomic E-state index is 5.72. The van der Waals surface area contributed by atoms with Crippen LogP contribution in [0.15, 0.2) is 42.5 Å². The second kappa shape index (κ2) is 7.63. The fraction of sp³-hybridized carbons (Fsp3) is 0.250. The van der Waals surface area contributed by atoms with Gasteiger partial charge in [0.05, 0.1) is 20.3 Å². The third-order valence-corrected chi connectivity index (χ3v) is 4.08. The molecule has 0 amide bonds. The van der Waals surface area contributed by atoms with Crippen molar-refractivity contribution in [2.24, 2.45) is 5.84 Å². The van der Waals surface area contributed by atoms with Gasteiger partial charge in [-0.25, -0.2) is 0 Å². The highest BCUT2D eigenvalue weighted by Crippen LogP contribution is 2.30. The van der Waals surface area contributed by atoms with Crippen molar-refractivity contribution < 1.29 is 9.47 Å². The Morgan fingerprint density at radius 2 is 1.71 bits per heavy atom. The summed E-state index contributed by atoms with van der Waals surface area (Å²) in [7, 11) is 3.26. The maximum atomic E-state index is 5.72. The van der Waals surface area contributed by atoms with E-state index < -0.39 is 0 Å². The van der Waals surface area contributed by atoms with Crippen LogP contribution in [0, 0.1) is 3.57 Å². The van der Waals surface area contributed by atoms with Crippen molar-refractivity contribution in [3.05, 3.63) is 57.2 Å². The number of methoxy groups -OCH3 is 2. The first-order valence-electron chi connectivity index (χ1n) is 6.60. The number of nitrogens with two attached hydrogens (primary N) is 1. The molecule has 2 aromatic carbocycles. The molecule has 0 spiro atoms. The van der Waals surface area contributed by atoms with Gasteiger partial charge in [0.2, 0.25) is 0 Å². The highest BCUT2D eigenvalue weighted by atomic mass is 127. The molecule has 21 heavy (non-hydrogen) atoms. The lowest BCUT2D eigenvalue weighted by Crippen LogP contribution is -2.29. The SMILES string of the molecule is COc1ccc(C(Cc2ccc(I)cc2)NN)cc1OC. The minimum absolute atomic E-state index is 0.0184. The Bertz CT molecular complexity index is 587. The summed E-state index contributed by atoms with van der Waals surface area (Å²) < 4.78 is 11.8. The average molecular weight is 398 g/mol. The molecule has 2 rings (SSSR count). The van der Waals surface area contributed by atoms with Crippen LogP contribution in [-0.2, 0) is 6.42 Å². The van der Waals surface area contributed by atoms with Crippen LogP contribution < -0.4 is 20.7 Å². The molecule has 0 bridgehead atoms. The fourth-order valence-corrected chi connectivity index (χ4v) is 2.56. The molecule has 0 saturated heterocycles. The third kappa shape index (κ3) is 4.09. The van der Waals surface area contributed by atoms with Crippen LogP contribution in [0.1, 0.15) is 17.2 Å². The van der Waals surface area contributed by atoms with E-state index in [0.717, 1.165) is 12.0 Å². The molecule has 3 N–H and O–H groups in total. The number of hydrazine groups is 1. The Kier molecular flexibility index (Phi) is 5.84. The second-order valence-electron chi connectivity index (χ2n) is 4.66. The molecular weight excluding hydrogens is 379 g/mol. The summed E-state index contributed by atoms with van der Waals surface area (Å²) in [5, 5.41) is 0. The molecule has 1 unspecified atom stereocenters. The average Bonchev–Trinajstić information content (AvgIpc) is 2.53. The minimum Gasteiger partial charge on any atom is -0.493 e. The van der Waals surface area contributed by atoms with E-state index in [9.17, 15) is 0 Å². The van der Waals surface area contributed by atoms with Crippen molar-refractivity contribution in [2.75, 3.05) is 14.2 Å². The Labute approximate surface area is 138 Å². The van der Waals surface area contributed by atoms with Gasteiger partial charge >= 0.3 is 0 Å². The zero-order valence-corrected chi connectivity index (χ0v) is 14.3. The number of hydrogen-bond donors (Lipinski definition) is 2. The highest BCUT2D eigenvalue weighted by Gasteiger charge is 2.13. The molecular formula is C16H19IN2O2. The monoisotopic (exact) mass is 398 g/mol. The van der Waals surface area contributed by atoms with Gasteiger partial charge in [0.15, 0.2) is 11.5 Å². The number of nitrogens with one attached hydrogen (secondary N) is 1. The van der Waals surface area contributed by atoms with Crippen LogP contribution in [0.4, 0.5) is 0 Å². The number of halogens is 1. The minimum atomic E-state index is 0.0184. The summed E-state index contributed by atoms with van der Waals surface area (Å²) in [5.74, 6) is 7.14. The standard InChI is InChI=1S/C16H19IN2O2/c1-20-15-8-5-12(10-16(15)21-2)14(19-18)9-11-3-6-13(17)7-4-11/h3-8,10,14,19H,9,18H2,1-2H3. The van der Waals surface area contributed by atoms with Crippen molar-refractivity contribution in [3.8, 4) is 11.5 Å². The van der Waals surface area contributed by atoms with E-state index in [1.807, 2.05) is 18.2 Å². The van der Waals surface area contributed by atoms with E-state index in [-0.39, 0.29) is 6.04 Å². The predicted molar refractivity (Wildman–Crippen MR) is 92.5 cm³/mol. The van der Waals surface area contributed by atoms with E-state index in [4.69, 9.17) is 15.3 Å². The van der Waals surface area contributed by atoms with Gasteiger partial charge in [-0.3, -0.25) is 11.3 Å². The van der Waals surface area contributed by atoms with Crippen molar-refractivity contribution in [1.82, 2.24) is 5.43 Å². The Morgan fingerprint density at radius 3 is 2.29 bits per heavy atom. The lowest BCUT2D eigenvalue weighted by Gasteiger charge is -2.18. The summed E-state index contributed by atoms with van der Waals surface area (Å²) in [5.41, 5.74) is 5.17. The van der Waals surface area contributed by atoms with Gasteiger partial charge in [-0.15, -0.1) is 0 Å². The summed E-state index contributed by atoms with van der Waals surface area (Å²) in [6.07, 6.45) is 0.808. The zero-order valence-electron chi connectivity index (χ0n) is 12.1. The van der Waals surface area contributed by atoms with Crippen LogP contribution in [0.2, 0.25) is 0 Å². The van der Waals surface area contributed by atoms with Crippen molar-refractivity contribution >= 4 is 22.6 Å². The number of hydrogen-bond acceptors (Lipinski definition) is 4. The van der Waals surface area contributed by atoms with E-state index in [1.165, 1.54) is 9.13 Å². The molecule has 0 radical (unpaired) electrons. The van der Waals surface area contributed by atoms with Gasteiger partial charge in [-0.2, -0.15) is 0 Å². The molecule has 0 fully saturated rings. The maximum Gasteiger partial charge on any atom is 0.161 e. The Hall–Kier alpha value is -1.31. The molecule has 0 heterocycles. The van der Waals surface area contributed by atoms with Gasteiger partial charge in [-0.1, -0.05) is 18.2 Å². The molecule has 4 nitrogen and oxygen atoms in total. The fourth-order valence-electron chi connectivity index (χ4n) is 2.20. The van der Waals surface area contributed by atoms with Crippen LogP contribution in [-0.4, -0.2) is 14.2 Å². The van der Waals surface area contributed by atoms with E-state index >= 15 is 0 Å². The number of rotatable bonds is 6. The Balaban J connectivity index is 2.22. The smallest absolute Gasteiger partial charge is 0.161 e. The van der Waals surface area contributed by atoms with Gasteiger partial charge in [-0.05, 0) is 64.4 Å². The molecule has 5 heteroatoms. The lowest BCUT2D eigenvalue weighted by molar-refractivity contribution is 0.353. The van der Waals surface area contributed by atoms with Crippen molar-refractivity contribution in [2.45, 2.75) is 12.5 Å². The molecule has 0 aliphatic carbocycles. The molecule has 0 aromatic heterocycles. The largest absolute Gasteiger partial charge is 0.493 e. The topological polar surface area (TPSA) is 56.5 Å². The first-order chi connectivity index (χ1) is 10.2. The first-order valence-corrected chi connectivity index (χ1v) is 7.68. The van der Waals surface area contributed by atoms with Crippen LogP contribution in [0.5, 0.6) is 11.5 Å². The number of benzene rings is 2. The quantitative estimate of drug-likeness (QED) is 0.446. The molecule has 1 atom stereocenters. The van der Waals surface area contributed by atoms with Gasteiger partial charge < -0.3 is 9.47 Å². The summed E-state index contributed by atoms with van der Waals surface area (Å²) in [4.78, 5) is 0.